The third kappa shape index (κ3) is 2.05. The summed E-state index contributed by atoms with van der Waals surface area (Å²) < 4.78 is 0. The number of fused-ring (bicyclic) bond motifs is 1. The molecule has 0 aliphatic rings. The standard InChI is InChI=1S/C11H10O.C2H6/c1-8-6-9-4-2-3-5-10(9)7-11(8)12;1-2/h2-7,12H,1H3;1-2H3. The molecule has 2 rings (SSSR count). The molecule has 0 spiro atoms. The van der Waals surface area contributed by atoms with Crippen molar-refractivity contribution in [3.8, 4) is 5.75 Å². The maximum Gasteiger partial charge on any atom is 0.119 e. The van der Waals surface area contributed by atoms with E-state index in [1.807, 2.05) is 51.1 Å². The Morgan fingerprint density at radius 3 is 2.00 bits per heavy atom. The summed E-state index contributed by atoms with van der Waals surface area (Å²) in [6.45, 7) is 5.90. The van der Waals surface area contributed by atoms with E-state index in [0.717, 1.165) is 10.9 Å². The van der Waals surface area contributed by atoms with E-state index < -0.39 is 0 Å². The van der Waals surface area contributed by atoms with Crippen molar-refractivity contribution in [2.24, 2.45) is 0 Å². The lowest BCUT2D eigenvalue weighted by Gasteiger charge is -2.01. The van der Waals surface area contributed by atoms with Gasteiger partial charge in [-0.1, -0.05) is 38.1 Å². The summed E-state index contributed by atoms with van der Waals surface area (Å²) in [5, 5.41) is 11.7. The van der Waals surface area contributed by atoms with Crippen LogP contribution in [-0.4, -0.2) is 5.11 Å². The molecule has 0 fully saturated rings. The van der Waals surface area contributed by atoms with Crippen LogP contribution in [0.2, 0.25) is 0 Å². The molecule has 74 valence electrons. The number of phenolic OH excluding ortho intramolecular Hbond substituents is 1. The van der Waals surface area contributed by atoms with Crippen LogP contribution in [0.3, 0.4) is 0 Å². The zero-order chi connectivity index (χ0) is 10.6. The van der Waals surface area contributed by atoms with Crippen LogP contribution in [-0.2, 0) is 0 Å². The molecule has 1 nitrogen and oxygen atoms in total. The highest BCUT2D eigenvalue weighted by atomic mass is 16.3. The number of benzene rings is 2. The zero-order valence-electron chi connectivity index (χ0n) is 8.91. The smallest absolute Gasteiger partial charge is 0.119 e. The van der Waals surface area contributed by atoms with Gasteiger partial charge in [0.05, 0.1) is 0 Å². The van der Waals surface area contributed by atoms with Crippen LogP contribution in [0.4, 0.5) is 0 Å². The highest BCUT2D eigenvalue weighted by Gasteiger charge is 1.97. The van der Waals surface area contributed by atoms with Gasteiger partial charge >= 0.3 is 0 Å². The number of aryl methyl sites for hydroxylation is 1. The van der Waals surface area contributed by atoms with Crippen LogP contribution in [0.15, 0.2) is 36.4 Å². The maximum atomic E-state index is 9.42. The van der Waals surface area contributed by atoms with Crippen molar-refractivity contribution < 1.29 is 5.11 Å². The molecule has 0 amide bonds. The van der Waals surface area contributed by atoms with E-state index in [-0.39, 0.29) is 0 Å². The summed E-state index contributed by atoms with van der Waals surface area (Å²) in [4.78, 5) is 0. The molecular weight excluding hydrogens is 172 g/mol. The molecule has 0 atom stereocenters. The highest BCUT2D eigenvalue weighted by Crippen LogP contribution is 2.23. The highest BCUT2D eigenvalue weighted by molar-refractivity contribution is 5.84. The summed E-state index contributed by atoms with van der Waals surface area (Å²) in [6, 6.07) is 11.8. The Balaban J connectivity index is 0.000000461. The number of aromatic hydroxyl groups is 1. The normalized spacial score (nSPS) is 9.36. The predicted octanol–water partition coefficient (Wildman–Crippen LogP) is 3.88. The van der Waals surface area contributed by atoms with Crippen molar-refractivity contribution in [1.82, 2.24) is 0 Å². The van der Waals surface area contributed by atoms with Crippen molar-refractivity contribution in [2.45, 2.75) is 20.8 Å². The Morgan fingerprint density at radius 1 is 0.929 bits per heavy atom. The van der Waals surface area contributed by atoms with Crippen LogP contribution in [0.25, 0.3) is 10.8 Å². The monoisotopic (exact) mass is 188 g/mol. The van der Waals surface area contributed by atoms with E-state index in [1.165, 1.54) is 5.39 Å². The van der Waals surface area contributed by atoms with E-state index in [0.29, 0.717) is 5.75 Å². The molecule has 2 aromatic rings. The Kier molecular flexibility index (Phi) is 3.52. The van der Waals surface area contributed by atoms with Crippen LogP contribution < -0.4 is 0 Å². The molecule has 0 unspecified atom stereocenters. The van der Waals surface area contributed by atoms with E-state index in [4.69, 9.17) is 0 Å². The van der Waals surface area contributed by atoms with Crippen molar-refractivity contribution in [1.29, 1.82) is 0 Å². The molecule has 0 heterocycles. The molecule has 0 bridgehead atoms. The fourth-order valence-electron chi connectivity index (χ4n) is 1.34. The molecule has 0 saturated heterocycles. The molecule has 14 heavy (non-hydrogen) atoms. The summed E-state index contributed by atoms with van der Waals surface area (Å²) in [7, 11) is 0. The van der Waals surface area contributed by atoms with Gasteiger partial charge in [0, 0.05) is 0 Å². The number of phenols is 1. The minimum Gasteiger partial charge on any atom is -0.508 e. The van der Waals surface area contributed by atoms with E-state index >= 15 is 0 Å². The van der Waals surface area contributed by atoms with E-state index in [1.54, 1.807) is 6.07 Å². The Labute approximate surface area is 85.0 Å². The average molecular weight is 188 g/mol. The molecule has 0 radical (unpaired) electrons. The fourth-order valence-corrected chi connectivity index (χ4v) is 1.34. The minimum atomic E-state index is 0.369. The lowest BCUT2D eigenvalue weighted by atomic mass is 10.1. The second-order valence-electron chi connectivity index (χ2n) is 2.99. The molecule has 0 aromatic heterocycles. The van der Waals surface area contributed by atoms with Gasteiger partial charge in [0.15, 0.2) is 0 Å². The summed E-state index contributed by atoms with van der Waals surface area (Å²) in [5.74, 6) is 0.369. The Bertz CT molecular complexity index is 378. The van der Waals surface area contributed by atoms with Crippen molar-refractivity contribution >= 4 is 10.8 Å². The zero-order valence-corrected chi connectivity index (χ0v) is 8.91. The van der Waals surface area contributed by atoms with Gasteiger partial charge < -0.3 is 5.11 Å². The van der Waals surface area contributed by atoms with Gasteiger partial charge in [0.1, 0.15) is 5.75 Å². The summed E-state index contributed by atoms with van der Waals surface area (Å²) in [6.07, 6.45) is 0. The van der Waals surface area contributed by atoms with Gasteiger partial charge in [-0.15, -0.1) is 0 Å². The fraction of sp³-hybridized carbons (Fsp3) is 0.231. The summed E-state index contributed by atoms with van der Waals surface area (Å²) >= 11 is 0. The van der Waals surface area contributed by atoms with E-state index in [2.05, 4.69) is 0 Å². The molecule has 0 aliphatic heterocycles. The second-order valence-corrected chi connectivity index (χ2v) is 2.99. The maximum absolute atomic E-state index is 9.42. The number of rotatable bonds is 0. The minimum absolute atomic E-state index is 0.369. The molecule has 1 N–H and O–H groups in total. The first kappa shape index (κ1) is 10.6. The van der Waals surface area contributed by atoms with Crippen molar-refractivity contribution in [2.75, 3.05) is 0 Å². The Hall–Kier alpha value is -1.50. The summed E-state index contributed by atoms with van der Waals surface area (Å²) in [5.41, 5.74) is 0.925. The van der Waals surface area contributed by atoms with Gasteiger partial charge in [-0.25, -0.2) is 0 Å². The van der Waals surface area contributed by atoms with Crippen LogP contribution >= 0.6 is 0 Å². The lowest BCUT2D eigenvalue weighted by molar-refractivity contribution is 0.472. The average Bonchev–Trinajstić information content (AvgIpc) is 2.23. The lowest BCUT2D eigenvalue weighted by Crippen LogP contribution is -1.76. The van der Waals surface area contributed by atoms with Crippen LogP contribution in [0.1, 0.15) is 19.4 Å². The van der Waals surface area contributed by atoms with Crippen molar-refractivity contribution in [3.05, 3.63) is 42.0 Å². The van der Waals surface area contributed by atoms with Crippen LogP contribution in [0.5, 0.6) is 5.75 Å². The molecule has 2 aromatic carbocycles. The van der Waals surface area contributed by atoms with E-state index in [9.17, 15) is 5.11 Å². The van der Waals surface area contributed by atoms with Crippen LogP contribution in [0, 0.1) is 6.92 Å². The second kappa shape index (κ2) is 4.66. The molecule has 0 saturated carbocycles. The van der Waals surface area contributed by atoms with Gasteiger partial charge in [-0.3, -0.25) is 0 Å². The van der Waals surface area contributed by atoms with Gasteiger partial charge in [-0.05, 0) is 35.4 Å². The van der Waals surface area contributed by atoms with Gasteiger partial charge in [-0.2, -0.15) is 0 Å². The third-order valence-electron chi connectivity index (χ3n) is 2.06. The predicted molar refractivity (Wildman–Crippen MR) is 61.7 cm³/mol. The molecular formula is C13H16O. The van der Waals surface area contributed by atoms with Gasteiger partial charge in [0.2, 0.25) is 0 Å². The van der Waals surface area contributed by atoms with Crippen molar-refractivity contribution in [3.63, 3.8) is 0 Å². The first-order valence-corrected chi connectivity index (χ1v) is 4.96. The first-order chi connectivity index (χ1) is 6.77. The van der Waals surface area contributed by atoms with Gasteiger partial charge in [0.25, 0.3) is 0 Å². The number of hydrogen-bond acceptors (Lipinski definition) is 1. The quantitative estimate of drug-likeness (QED) is 0.665. The molecule has 1 heteroatoms. The SMILES string of the molecule is CC.Cc1cc2ccccc2cc1O. The Morgan fingerprint density at radius 2 is 1.43 bits per heavy atom. The first-order valence-electron chi connectivity index (χ1n) is 4.96. The largest absolute Gasteiger partial charge is 0.508 e. The number of hydrogen-bond donors (Lipinski definition) is 1. The topological polar surface area (TPSA) is 20.2 Å². The molecule has 0 aliphatic carbocycles. The third-order valence-corrected chi connectivity index (χ3v) is 2.06.